The number of nitrogens with zero attached hydrogens (tertiary/aromatic N) is 2. The first-order chi connectivity index (χ1) is 11.6. The summed E-state index contributed by atoms with van der Waals surface area (Å²) in [7, 11) is 0. The summed E-state index contributed by atoms with van der Waals surface area (Å²) in [6.45, 7) is 3.43. The van der Waals surface area contributed by atoms with E-state index in [-0.39, 0.29) is 5.91 Å². The van der Waals surface area contributed by atoms with Gasteiger partial charge in [0.15, 0.2) is 0 Å². The summed E-state index contributed by atoms with van der Waals surface area (Å²) >= 11 is 0. The minimum absolute atomic E-state index is 0.100. The molecule has 7 nitrogen and oxygen atoms in total. The Hall–Kier alpha value is -2.12. The van der Waals surface area contributed by atoms with Gasteiger partial charge in [0.25, 0.3) is 0 Å². The molecule has 4 atom stereocenters. The number of carboxylic acid groups (broad SMARTS) is 1. The number of carbonyl (C=O) groups is 2. The van der Waals surface area contributed by atoms with Gasteiger partial charge in [-0.3, -0.25) is 14.5 Å². The van der Waals surface area contributed by atoms with Crippen LogP contribution in [0.15, 0.2) is 35.0 Å². The number of rotatable bonds is 4. The summed E-state index contributed by atoms with van der Waals surface area (Å²) in [6.07, 6.45) is 4.37. The van der Waals surface area contributed by atoms with E-state index in [2.05, 4.69) is 4.90 Å². The SMILES string of the molecule is O=C(O)[C@@H]1[C@H](C(=O)N2CCN(Cc3ccco3)CC2)[C@@H]2C=C[C@@H]1O2. The Bertz CT molecular complexity index is 648. The highest BCUT2D eigenvalue weighted by Gasteiger charge is 2.54. The summed E-state index contributed by atoms with van der Waals surface area (Å²) in [5.41, 5.74) is 0. The Kier molecular flexibility index (Phi) is 3.90. The fourth-order valence-corrected chi connectivity index (χ4v) is 3.86. The summed E-state index contributed by atoms with van der Waals surface area (Å²) in [5, 5.41) is 9.44. The smallest absolute Gasteiger partial charge is 0.310 e. The van der Waals surface area contributed by atoms with E-state index < -0.39 is 30.0 Å². The third-order valence-corrected chi connectivity index (χ3v) is 5.11. The van der Waals surface area contributed by atoms with Crippen LogP contribution in [0.1, 0.15) is 5.76 Å². The second kappa shape index (κ2) is 6.07. The van der Waals surface area contributed by atoms with Crippen molar-refractivity contribution in [3.63, 3.8) is 0 Å². The third-order valence-electron chi connectivity index (χ3n) is 5.11. The number of carbonyl (C=O) groups excluding carboxylic acids is 1. The lowest BCUT2D eigenvalue weighted by atomic mass is 9.82. The summed E-state index contributed by atoms with van der Waals surface area (Å²) < 4.78 is 11.0. The molecule has 0 aliphatic carbocycles. The second-order valence-electron chi connectivity index (χ2n) is 6.52. The molecule has 4 heterocycles. The highest BCUT2D eigenvalue weighted by Crippen LogP contribution is 2.40. The van der Waals surface area contributed by atoms with Gasteiger partial charge in [0.1, 0.15) is 11.7 Å². The van der Waals surface area contributed by atoms with Gasteiger partial charge in [0, 0.05) is 26.2 Å². The van der Waals surface area contributed by atoms with Crippen LogP contribution >= 0.6 is 0 Å². The normalized spacial score (nSPS) is 32.4. The molecule has 1 aromatic heterocycles. The Balaban J connectivity index is 1.38. The van der Waals surface area contributed by atoms with E-state index in [1.54, 1.807) is 17.2 Å². The zero-order chi connectivity index (χ0) is 16.7. The molecule has 2 fully saturated rings. The van der Waals surface area contributed by atoms with Crippen LogP contribution in [0.25, 0.3) is 0 Å². The predicted molar refractivity (Wildman–Crippen MR) is 83.0 cm³/mol. The maximum atomic E-state index is 12.8. The van der Waals surface area contributed by atoms with E-state index in [0.717, 1.165) is 25.4 Å². The van der Waals surface area contributed by atoms with Gasteiger partial charge in [0.05, 0.1) is 30.9 Å². The van der Waals surface area contributed by atoms with Crippen molar-refractivity contribution < 1.29 is 23.8 Å². The Morgan fingerprint density at radius 2 is 1.83 bits per heavy atom. The molecule has 7 heteroatoms. The summed E-state index contributed by atoms with van der Waals surface area (Å²) in [4.78, 5) is 28.4. The van der Waals surface area contributed by atoms with Crippen molar-refractivity contribution in [2.24, 2.45) is 11.8 Å². The van der Waals surface area contributed by atoms with Gasteiger partial charge in [0.2, 0.25) is 5.91 Å². The van der Waals surface area contributed by atoms with Gasteiger partial charge in [-0.05, 0) is 12.1 Å². The van der Waals surface area contributed by atoms with E-state index >= 15 is 0 Å². The number of carboxylic acids is 1. The van der Waals surface area contributed by atoms with Crippen molar-refractivity contribution in [2.75, 3.05) is 26.2 Å². The minimum atomic E-state index is -0.957. The maximum Gasteiger partial charge on any atom is 0.310 e. The van der Waals surface area contributed by atoms with Crippen LogP contribution in [-0.4, -0.2) is 65.2 Å². The fraction of sp³-hybridized carbons (Fsp3) is 0.529. The molecule has 3 aliphatic heterocycles. The summed E-state index contributed by atoms with van der Waals surface area (Å²) in [5.74, 6) is -1.52. The summed E-state index contributed by atoms with van der Waals surface area (Å²) in [6, 6.07) is 3.80. The van der Waals surface area contributed by atoms with Crippen LogP contribution in [0.2, 0.25) is 0 Å². The van der Waals surface area contributed by atoms with Crippen molar-refractivity contribution in [1.29, 1.82) is 0 Å². The van der Waals surface area contributed by atoms with Crippen LogP contribution < -0.4 is 0 Å². The number of ether oxygens (including phenoxy) is 1. The maximum absolute atomic E-state index is 12.8. The minimum Gasteiger partial charge on any atom is -0.481 e. The molecule has 1 amide bonds. The first-order valence-corrected chi connectivity index (χ1v) is 8.23. The van der Waals surface area contributed by atoms with Crippen LogP contribution in [-0.2, 0) is 20.9 Å². The molecule has 2 saturated heterocycles. The van der Waals surface area contributed by atoms with Gasteiger partial charge in [-0.2, -0.15) is 0 Å². The van der Waals surface area contributed by atoms with Crippen LogP contribution in [0, 0.1) is 11.8 Å². The van der Waals surface area contributed by atoms with Gasteiger partial charge < -0.3 is 19.2 Å². The van der Waals surface area contributed by atoms with Crippen LogP contribution in [0.3, 0.4) is 0 Å². The first kappa shape index (κ1) is 15.4. The fourth-order valence-electron chi connectivity index (χ4n) is 3.86. The molecule has 0 unspecified atom stereocenters. The Morgan fingerprint density at radius 1 is 1.12 bits per heavy atom. The number of furan rings is 1. The highest BCUT2D eigenvalue weighted by atomic mass is 16.5. The lowest BCUT2D eigenvalue weighted by molar-refractivity contribution is -0.150. The van der Waals surface area contributed by atoms with Crippen molar-refractivity contribution in [1.82, 2.24) is 9.80 Å². The van der Waals surface area contributed by atoms with E-state index in [4.69, 9.17) is 9.15 Å². The molecule has 2 bridgehead atoms. The van der Waals surface area contributed by atoms with Crippen LogP contribution in [0.5, 0.6) is 0 Å². The molecule has 1 aromatic rings. The highest BCUT2D eigenvalue weighted by molar-refractivity contribution is 5.87. The first-order valence-electron chi connectivity index (χ1n) is 8.23. The number of fused-ring (bicyclic) bond motifs is 2. The Labute approximate surface area is 139 Å². The van der Waals surface area contributed by atoms with Crippen molar-refractivity contribution in [3.05, 3.63) is 36.3 Å². The second-order valence-corrected chi connectivity index (χ2v) is 6.52. The number of aliphatic carboxylic acids is 1. The average Bonchev–Trinajstić information content (AvgIpc) is 3.31. The molecular formula is C17H20N2O5. The molecular weight excluding hydrogens is 312 g/mol. The van der Waals surface area contributed by atoms with E-state index in [1.807, 2.05) is 18.2 Å². The van der Waals surface area contributed by atoms with Gasteiger partial charge in [-0.25, -0.2) is 0 Å². The van der Waals surface area contributed by atoms with E-state index in [9.17, 15) is 14.7 Å². The standard InChI is InChI=1S/C17H20N2O5/c20-16(14-12-3-4-13(24-12)15(14)17(21)22)19-7-5-18(6-8-19)10-11-2-1-9-23-11/h1-4,9,12-15H,5-8,10H2,(H,21,22)/t12-,13-,14+,15-/m0/s1. The van der Waals surface area contributed by atoms with E-state index in [0.29, 0.717) is 13.1 Å². The third kappa shape index (κ3) is 2.63. The molecule has 0 aromatic carbocycles. The number of hydrogen-bond donors (Lipinski definition) is 1. The molecule has 24 heavy (non-hydrogen) atoms. The number of amides is 1. The zero-order valence-corrected chi connectivity index (χ0v) is 13.2. The van der Waals surface area contributed by atoms with Gasteiger partial charge >= 0.3 is 5.97 Å². The van der Waals surface area contributed by atoms with Gasteiger partial charge in [-0.1, -0.05) is 12.2 Å². The van der Waals surface area contributed by atoms with Crippen molar-refractivity contribution in [3.8, 4) is 0 Å². The lowest BCUT2D eigenvalue weighted by Crippen LogP contribution is -2.52. The van der Waals surface area contributed by atoms with Crippen molar-refractivity contribution >= 4 is 11.9 Å². The molecule has 1 N–H and O–H groups in total. The molecule has 4 rings (SSSR count). The molecule has 3 aliphatic rings. The Morgan fingerprint density at radius 3 is 2.46 bits per heavy atom. The molecule has 0 radical (unpaired) electrons. The van der Waals surface area contributed by atoms with Gasteiger partial charge in [-0.15, -0.1) is 0 Å². The lowest BCUT2D eigenvalue weighted by Gasteiger charge is -2.36. The van der Waals surface area contributed by atoms with E-state index in [1.165, 1.54) is 0 Å². The number of hydrogen-bond acceptors (Lipinski definition) is 5. The number of piperazine rings is 1. The van der Waals surface area contributed by atoms with Crippen LogP contribution in [0.4, 0.5) is 0 Å². The molecule has 0 saturated carbocycles. The van der Waals surface area contributed by atoms with Crippen molar-refractivity contribution in [2.45, 2.75) is 18.8 Å². The topological polar surface area (TPSA) is 83.2 Å². The molecule has 128 valence electrons. The zero-order valence-electron chi connectivity index (χ0n) is 13.2. The quantitative estimate of drug-likeness (QED) is 0.812. The monoisotopic (exact) mass is 332 g/mol. The average molecular weight is 332 g/mol. The largest absolute Gasteiger partial charge is 0.481 e. The molecule has 0 spiro atoms. The predicted octanol–water partition coefficient (Wildman–Crippen LogP) is 0.578.